The highest BCUT2D eigenvalue weighted by molar-refractivity contribution is 5.69. The largest absolute Gasteiger partial charge is 0.493 e. The van der Waals surface area contributed by atoms with Crippen molar-refractivity contribution in [1.82, 2.24) is 0 Å². The lowest BCUT2D eigenvalue weighted by Gasteiger charge is -2.15. The molecule has 0 saturated carbocycles. The molecule has 0 atom stereocenters. The Bertz CT molecular complexity index is 430. The quantitative estimate of drug-likeness (QED) is 0.766. The average Bonchev–Trinajstić information content (AvgIpc) is 2.42. The minimum absolute atomic E-state index is 0.150. The van der Waals surface area contributed by atoms with Crippen LogP contribution >= 0.6 is 0 Å². The van der Waals surface area contributed by atoms with E-state index in [1.807, 2.05) is 0 Å². The summed E-state index contributed by atoms with van der Waals surface area (Å²) in [5.74, 6) is 1.40. The van der Waals surface area contributed by atoms with Gasteiger partial charge in [-0.1, -0.05) is 32.8 Å². The number of ether oxygens (including phenoxy) is 2. The van der Waals surface area contributed by atoms with Gasteiger partial charge in [0, 0.05) is 18.1 Å². The third-order valence-corrected chi connectivity index (χ3v) is 3.15. The molecule has 3 N–H and O–H groups in total. The minimum atomic E-state index is -0.894. The smallest absolute Gasteiger partial charge is 0.409 e. The fourth-order valence-corrected chi connectivity index (χ4v) is 1.81. The van der Waals surface area contributed by atoms with Gasteiger partial charge in [-0.2, -0.15) is 0 Å². The Morgan fingerprint density at radius 3 is 2.65 bits per heavy atom. The first-order chi connectivity index (χ1) is 9.60. The molecule has 1 radical (unpaired) electrons. The maximum Gasteiger partial charge on any atom is 0.409 e. The van der Waals surface area contributed by atoms with Crippen LogP contribution in [0.2, 0.25) is 0 Å². The lowest BCUT2D eigenvalue weighted by molar-refractivity contribution is 0.209. The summed E-state index contributed by atoms with van der Waals surface area (Å²) in [5, 5.41) is 8.93. The Kier molecular flexibility index (Phi) is 6.87. The molecule has 111 valence electrons. The Morgan fingerprint density at radius 2 is 2.10 bits per heavy atom. The topological polar surface area (TPSA) is 81.8 Å². The van der Waals surface area contributed by atoms with Crippen molar-refractivity contribution in [2.24, 2.45) is 11.7 Å². The van der Waals surface area contributed by atoms with Crippen LogP contribution in [0, 0.1) is 12.3 Å². The van der Waals surface area contributed by atoms with E-state index >= 15 is 0 Å². The predicted octanol–water partition coefficient (Wildman–Crippen LogP) is 2.50. The third kappa shape index (κ3) is 5.09. The number of carbonyl (C=O) groups is 1. The molecule has 0 aliphatic heterocycles. The molecular formula is C15H22NO4. The molecule has 0 saturated heterocycles. The van der Waals surface area contributed by atoms with Crippen molar-refractivity contribution < 1.29 is 19.4 Å². The average molecular weight is 280 g/mol. The van der Waals surface area contributed by atoms with Gasteiger partial charge >= 0.3 is 6.09 Å². The molecule has 0 heterocycles. The van der Waals surface area contributed by atoms with Crippen molar-refractivity contribution in [3.63, 3.8) is 0 Å². The zero-order valence-corrected chi connectivity index (χ0v) is 12.0. The summed E-state index contributed by atoms with van der Waals surface area (Å²) in [5.41, 5.74) is 5.62. The Labute approximate surface area is 119 Å². The molecule has 0 bridgehead atoms. The van der Waals surface area contributed by atoms with Gasteiger partial charge < -0.3 is 20.3 Å². The van der Waals surface area contributed by atoms with Gasteiger partial charge in [0.05, 0.1) is 13.2 Å². The highest BCUT2D eigenvalue weighted by atomic mass is 16.5. The van der Waals surface area contributed by atoms with Crippen molar-refractivity contribution in [1.29, 1.82) is 0 Å². The van der Waals surface area contributed by atoms with Gasteiger partial charge in [-0.05, 0) is 12.0 Å². The van der Waals surface area contributed by atoms with E-state index in [1.54, 1.807) is 18.2 Å². The molecule has 0 aromatic heterocycles. The monoisotopic (exact) mass is 280 g/mol. The molecule has 1 rings (SSSR count). The SMILES string of the molecule is CCC(CC)COc1ccc([CH]CO)c(OC(N)=O)c1. The summed E-state index contributed by atoms with van der Waals surface area (Å²) in [6.07, 6.45) is 2.74. The summed E-state index contributed by atoms with van der Waals surface area (Å²) in [6, 6.07) is 5.10. The molecular weight excluding hydrogens is 258 g/mol. The molecule has 5 nitrogen and oxygen atoms in total. The van der Waals surface area contributed by atoms with Gasteiger partial charge in [0.15, 0.2) is 0 Å². The van der Waals surface area contributed by atoms with Crippen LogP contribution in [-0.4, -0.2) is 24.4 Å². The van der Waals surface area contributed by atoms with Crippen molar-refractivity contribution in [3.8, 4) is 11.5 Å². The van der Waals surface area contributed by atoms with Gasteiger partial charge in [0.2, 0.25) is 0 Å². The molecule has 5 heteroatoms. The first-order valence-corrected chi connectivity index (χ1v) is 6.78. The minimum Gasteiger partial charge on any atom is -0.493 e. The maximum absolute atomic E-state index is 10.9. The fourth-order valence-electron chi connectivity index (χ4n) is 1.81. The van der Waals surface area contributed by atoms with Gasteiger partial charge in [0.25, 0.3) is 0 Å². The number of hydrogen-bond acceptors (Lipinski definition) is 4. The first-order valence-electron chi connectivity index (χ1n) is 6.78. The molecule has 1 aromatic carbocycles. The zero-order valence-electron chi connectivity index (χ0n) is 12.0. The van der Waals surface area contributed by atoms with E-state index < -0.39 is 6.09 Å². The second kappa shape index (κ2) is 8.43. The first kappa shape index (κ1) is 16.3. The van der Waals surface area contributed by atoms with E-state index in [2.05, 4.69) is 13.8 Å². The molecule has 0 aliphatic carbocycles. The molecule has 0 spiro atoms. The number of aliphatic hydroxyl groups excluding tert-OH is 1. The molecule has 20 heavy (non-hydrogen) atoms. The molecule has 1 aromatic rings. The van der Waals surface area contributed by atoms with Gasteiger partial charge in [-0.3, -0.25) is 0 Å². The van der Waals surface area contributed by atoms with Crippen LogP contribution in [0.5, 0.6) is 11.5 Å². The molecule has 0 aliphatic rings. The van der Waals surface area contributed by atoms with Crippen molar-refractivity contribution in [3.05, 3.63) is 30.2 Å². The fraction of sp³-hybridized carbons (Fsp3) is 0.467. The van der Waals surface area contributed by atoms with Crippen LogP contribution in [-0.2, 0) is 0 Å². The second-order valence-electron chi connectivity index (χ2n) is 4.50. The Morgan fingerprint density at radius 1 is 1.40 bits per heavy atom. The van der Waals surface area contributed by atoms with E-state index in [1.165, 1.54) is 6.42 Å². The summed E-state index contributed by atoms with van der Waals surface area (Å²) < 4.78 is 10.6. The van der Waals surface area contributed by atoms with Crippen molar-refractivity contribution in [2.45, 2.75) is 26.7 Å². The highest BCUT2D eigenvalue weighted by Gasteiger charge is 2.10. The number of hydrogen-bond donors (Lipinski definition) is 2. The standard InChI is InChI=1S/C15H22NO4/c1-3-11(4-2)10-19-13-6-5-12(7-8-17)14(9-13)20-15(16)18/h5-7,9,11,17H,3-4,8,10H2,1-2H3,(H2,16,18). The lowest BCUT2D eigenvalue weighted by atomic mass is 10.1. The Hall–Kier alpha value is -1.75. The number of rotatable bonds is 8. The number of carbonyl (C=O) groups excluding carboxylic acids is 1. The van der Waals surface area contributed by atoms with Crippen LogP contribution in [0.25, 0.3) is 0 Å². The van der Waals surface area contributed by atoms with E-state index in [0.29, 0.717) is 23.8 Å². The van der Waals surface area contributed by atoms with Crippen LogP contribution in [0.1, 0.15) is 32.3 Å². The lowest BCUT2D eigenvalue weighted by Crippen LogP contribution is -2.17. The number of benzene rings is 1. The van der Waals surface area contributed by atoms with E-state index in [4.69, 9.17) is 20.3 Å². The number of amides is 1. The number of nitrogens with two attached hydrogens (primary N) is 1. The maximum atomic E-state index is 10.9. The molecule has 1 amide bonds. The van der Waals surface area contributed by atoms with Crippen LogP contribution in [0.4, 0.5) is 4.79 Å². The second-order valence-corrected chi connectivity index (χ2v) is 4.50. The summed E-state index contributed by atoms with van der Waals surface area (Å²) in [4.78, 5) is 10.9. The Balaban J connectivity index is 2.80. The summed E-state index contributed by atoms with van der Waals surface area (Å²) in [6.45, 7) is 4.71. The van der Waals surface area contributed by atoms with E-state index in [-0.39, 0.29) is 12.4 Å². The molecule has 0 fully saturated rings. The number of aliphatic hydroxyl groups is 1. The van der Waals surface area contributed by atoms with Gasteiger partial charge in [-0.15, -0.1) is 0 Å². The number of primary amides is 1. The van der Waals surface area contributed by atoms with Crippen molar-refractivity contribution in [2.75, 3.05) is 13.2 Å². The summed E-state index contributed by atoms with van der Waals surface area (Å²) >= 11 is 0. The normalized spacial score (nSPS) is 10.6. The highest BCUT2D eigenvalue weighted by Crippen LogP contribution is 2.27. The molecule has 0 unspecified atom stereocenters. The van der Waals surface area contributed by atoms with Crippen molar-refractivity contribution >= 4 is 6.09 Å². The predicted molar refractivity (Wildman–Crippen MR) is 76.7 cm³/mol. The van der Waals surface area contributed by atoms with E-state index in [0.717, 1.165) is 12.8 Å². The van der Waals surface area contributed by atoms with E-state index in [9.17, 15) is 4.79 Å². The van der Waals surface area contributed by atoms with Gasteiger partial charge in [0.1, 0.15) is 11.5 Å². The zero-order chi connectivity index (χ0) is 15.0. The van der Waals surface area contributed by atoms with Gasteiger partial charge in [-0.25, -0.2) is 4.79 Å². The summed E-state index contributed by atoms with van der Waals surface area (Å²) in [7, 11) is 0. The van der Waals surface area contributed by atoms with Crippen LogP contribution in [0.15, 0.2) is 18.2 Å². The van der Waals surface area contributed by atoms with Crippen LogP contribution in [0.3, 0.4) is 0 Å². The third-order valence-electron chi connectivity index (χ3n) is 3.15. The van der Waals surface area contributed by atoms with Crippen LogP contribution < -0.4 is 15.2 Å².